The van der Waals surface area contributed by atoms with Crippen molar-refractivity contribution in [1.29, 1.82) is 0 Å². The molecule has 134 valence electrons. The van der Waals surface area contributed by atoms with E-state index < -0.39 is 0 Å². The molecule has 0 radical (unpaired) electrons. The second kappa shape index (κ2) is 7.39. The number of fused-ring (bicyclic) bond motifs is 1. The molecule has 1 N–H and O–H groups in total. The quantitative estimate of drug-likeness (QED) is 0.766. The standard InChI is InChI=1S/C20H21N3O3/c1-13-7-6-8-14(2)20(13)21-18(24)12-23(3)19(25)11-16-15-9-4-5-10-17(15)26-22-16/h4-10H,11-12H2,1-3H3,(H,21,24). The third-order valence-electron chi connectivity index (χ3n) is 4.32. The fourth-order valence-electron chi connectivity index (χ4n) is 2.84. The maximum absolute atomic E-state index is 12.4. The molecular weight excluding hydrogens is 330 g/mol. The molecule has 0 fully saturated rings. The number of aryl methyl sites for hydroxylation is 2. The minimum atomic E-state index is -0.233. The fraction of sp³-hybridized carbons (Fsp3) is 0.250. The number of hydrogen-bond acceptors (Lipinski definition) is 4. The van der Waals surface area contributed by atoms with Crippen molar-refractivity contribution in [3.63, 3.8) is 0 Å². The number of carbonyl (C=O) groups excluding carboxylic acids is 2. The van der Waals surface area contributed by atoms with Crippen LogP contribution in [0.1, 0.15) is 16.8 Å². The van der Waals surface area contributed by atoms with Gasteiger partial charge in [-0.3, -0.25) is 9.59 Å². The van der Waals surface area contributed by atoms with E-state index in [1.54, 1.807) is 13.1 Å². The van der Waals surface area contributed by atoms with Crippen LogP contribution in [0.2, 0.25) is 0 Å². The van der Waals surface area contributed by atoms with Gasteiger partial charge in [-0.05, 0) is 37.1 Å². The van der Waals surface area contributed by atoms with E-state index >= 15 is 0 Å². The van der Waals surface area contributed by atoms with Crippen LogP contribution in [0.15, 0.2) is 47.0 Å². The summed E-state index contributed by atoms with van der Waals surface area (Å²) in [5.74, 6) is -0.427. The van der Waals surface area contributed by atoms with Crippen LogP contribution in [0.4, 0.5) is 5.69 Å². The second-order valence-electron chi connectivity index (χ2n) is 6.37. The molecule has 0 aliphatic carbocycles. The maximum atomic E-state index is 12.4. The Balaban J connectivity index is 1.63. The lowest BCUT2D eigenvalue weighted by molar-refractivity contribution is -0.132. The lowest BCUT2D eigenvalue weighted by Crippen LogP contribution is -2.36. The Labute approximate surface area is 151 Å². The number of likely N-dealkylation sites (N-methyl/N-ethyl adjacent to an activating group) is 1. The van der Waals surface area contributed by atoms with Crippen molar-refractivity contribution in [2.75, 3.05) is 18.9 Å². The number of amides is 2. The predicted octanol–water partition coefficient (Wildman–Crippen LogP) is 3.08. The zero-order chi connectivity index (χ0) is 18.7. The Bertz CT molecular complexity index is 942. The molecule has 6 heteroatoms. The van der Waals surface area contributed by atoms with Gasteiger partial charge >= 0.3 is 0 Å². The summed E-state index contributed by atoms with van der Waals surface area (Å²) in [4.78, 5) is 26.1. The molecule has 2 amide bonds. The second-order valence-corrected chi connectivity index (χ2v) is 6.37. The lowest BCUT2D eigenvalue weighted by atomic mass is 10.1. The molecule has 26 heavy (non-hydrogen) atoms. The first-order chi connectivity index (χ1) is 12.5. The van der Waals surface area contributed by atoms with Gasteiger partial charge in [0.2, 0.25) is 11.8 Å². The average molecular weight is 351 g/mol. The lowest BCUT2D eigenvalue weighted by Gasteiger charge is -2.17. The van der Waals surface area contributed by atoms with Gasteiger partial charge in [0.25, 0.3) is 0 Å². The van der Waals surface area contributed by atoms with Gasteiger partial charge in [-0.1, -0.05) is 35.5 Å². The fourth-order valence-corrected chi connectivity index (χ4v) is 2.84. The molecule has 0 saturated heterocycles. The molecule has 0 saturated carbocycles. The van der Waals surface area contributed by atoms with Crippen molar-refractivity contribution in [1.82, 2.24) is 10.1 Å². The molecular formula is C20H21N3O3. The van der Waals surface area contributed by atoms with Gasteiger partial charge in [-0.25, -0.2) is 0 Å². The topological polar surface area (TPSA) is 75.4 Å². The van der Waals surface area contributed by atoms with Crippen LogP contribution in [0.5, 0.6) is 0 Å². The van der Waals surface area contributed by atoms with Crippen molar-refractivity contribution in [2.45, 2.75) is 20.3 Å². The molecule has 2 aromatic carbocycles. The van der Waals surface area contributed by atoms with Gasteiger partial charge in [0, 0.05) is 18.1 Å². The summed E-state index contributed by atoms with van der Waals surface area (Å²) in [5.41, 5.74) is 3.99. The molecule has 1 heterocycles. The highest BCUT2D eigenvalue weighted by Crippen LogP contribution is 2.20. The van der Waals surface area contributed by atoms with Gasteiger partial charge in [0.15, 0.2) is 5.58 Å². The number of benzene rings is 2. The van der Waals surface area contributed by atoms with Crippen LogP contribution in [0.3, 0.4) is 0 Å². The summed E-state index contributed by atoms with van der Waals surface area (Å²) in [7, 11) is 1.61. The minimum absolute atomic E-state index is 0.0254. The number of carbonyl (C=O) groups is 2. The van der Waals surface area contributed by atoms with E-state index in [1.807, 2.05) is 50.2 Å². The third-order valence-corrected chi connectivity index (χ3v) is 4.32. The molecule has 0 aliphatic heterocycles. The van der Waals surface area contributed by atoms with Crippen LogP contribution in [-0.4, -0.2) is 35.5 Å². The number of hydrogen-bond donors (Lipinski definition) is 1. The summed E-state index contributed by atoms with van der Waals surface area (Å²) in [6, 6.07) is 13.2. The van der Waals surface area contributed by atoms with E-state index in [9.17, 15) is 9.59 Å². The van der Waals surface area contributed by atoms with E-state index in [1.165, 1.54) is 4.90 Å². The summed E-state index contributed by atoms with van der Waals surface area (Å²) in [6.45, 7) is 3.85. The smallest absolute Gasteiger partial charge is 0.243 e. The van der Waals surface area contributed by atoms with Crippen molar-refractivity contribution in [3.8, 4) is 0 Å². The first kappa shape index (κ1) is 17.7. The third kappa shape index (κ3) is 3.74. The Morgan fingerprint density at radius 3 is 2.50 bits per heavy atom. The summed E-state index contributed by atoms with van der Waals surface area (Å²) in [6.07, 6.45) is 0.0875. The molecule has 0 bridgehead atoms. The monoisotopic (exact) mass is 351 g/mol. The molecule has 6 nitrogen and oxygen atoms in total. The maximum Gasteiger partial charge on any atom is 0.243 e. The molecule has 3 rings (SSSR count). The average Bonchev–Trinajstić information content (AvgIpc) is 3.01. The zero-order valence-electron chi connectivity index (χ0n) is 15.1. The van der Waals surface area contributed by atoms with E-state index in [4.69, 9.17) is 4.52 Å². The van der Waals surface area contributed by atoms with Crippen molar-refractivity contribution < 1.29 is 14.1 Å². The van der Waals surface area contributed by atoms with Crippen molar-refractivity contribution in [2.24, 2.45) is 0 Å². The largest absolute Gasteiger partial charge is 0.356 e. The SMILES string of the molecule is Cc1cccc(C)c1NC(=O)CN(C)C(=O)Cc1noc2ccccc12. The Kier molecular flexibility index (Phi) is 5.02. The number of nitrogens with one attached hydrogen (secondary N) is 1. The van der Waals surface area contributed by atoms with E-state index in [2.05, 4.69) is 10.5 Å². The summed E-state index contributed by atoms with van der Waals surface area (Å²) >= 11 is 0. The molecule has 0 unspecified atom stereocenters. The van der Waals surface area contributed by atoms with Crippen molar-refractivity contribution >= 4 is 28.5 Å². The van der Waals surface area contributed by atoms with Crippen LogP contribution < -0.4 is 5.32 Å². The number of anilines is 1. The van der Waals surface area contributed by atoms with Gasteiger partial charge in [0.05, 0.1) is 13.0 Å². The molecule has 0 aliphatic rings. The first-order valence-corrected chi connectivity index (χ1v) is 8.39. The minimum Gasteiger partial charge on any atom is -0.356 e. The zero-order valence-corrected chi connectivity index (χ0v) is 15.1. The molecule has 3 aromatic rings. The summed E-state index contributed by atoms with van der Waals surface area (Å²) < 4.78 is 5.22. The van der Waals surface area contributed by atoms with Crippen molar-refractivity contribution in [3.05, 3.63) is 59.3 Å². The van der Waals surface area contributed by atoms with Gasteiger partial charge in [-0.2, -0.15) is 0 Å². The number of nitrogens with zero attached hydrogens (tertiary/aromatic N) is 2. The number of aromatic nitrogens is 1. The highest BCUT2D eigenvalue weighted by Gasteiger charge is 2.18. The van der Waals surface area contributed by atoms with Gasteiger partial charge in [0.1, 0.15) is 5.69 Å². The van der Waals surface area contributed by atoms with Gasteiger partial charge < -0.3 is 14.7 Å². The molecule has 1 aromatic heterocycles. The van der Waals surface area contributed by atoms with Gasteiger partial charge in [-0.15, -0.1) is 0 Å². The molecule has 0 spiro atoms. The first-order valence-electron chi connectivity index (χ1n) is 8.39. The Morgan fingerprint density at radius 1 is 1.08 bits per heavy atom. The highest BCUT2D eigenvalue weighted by atomic mass is 16.5. The van der Waals surface area contributed by atoms with E-state index in [-0.39, 0.29) is 24.8 Å². The normalized spacial score (nSPS) is 10.7. The van der Waals surface area contributed by atoms with E-state index in [0.717, 1.165) is 22.2 Å². The molecule has 0 atom stereocenters. The predicted molar refractivity (Wildman–Crippen MR) is 99.9 cm³/mol. The Hall–Kier alpha value is -3.15. The highest BCUT2D eigenvalue weighted by molar-refractivity contribution is 5.96. The number of para-hydroxylation sites is 2. The van der Waals surface area contributed by atoms with E-state index in [0.29, 0.717) is 11.3 Å². The number of rotatable bonds is 5. The van der Waals surface area contributed by atoms with Crippen LogP contribution >= 0.6 is 0 Å². The summed E-state index contributed by atoms with van der Waals surface area (Å²) in [5, 5.41) is 7.66. The van der Waals surface area contributed by atoms with Crippen LogP contribution in [-0.2, 0) is 16.0 Å². The van der Waals surface area contributed by atoms with Crippen LogP contribution in [0.25, 0.3) is 11.0 Å². The van der Waals surface area contributed by atoms with Crippen LogP contribution in [0, 0.1) is 13.8 Å². The Morgan fingerprint density at radius 2 is 1.77 bits per heavy atom.